The summed E-state index contributed by atoms with van der Waals surface area (Å²) in [6.07, 6.45) is -3.67. The van der Waals surface area contributed by atoms with Crippen molar-refractivity contribution >= 4 is 17.4 Å². The van der Waals surface area contributed by atoms with Crippen molar-refractivity contribution in [2.45, 2.75) is 6.18 Å². The number of rotatable bonds is 3. The molecule has 1 aromatic rings. The minimum absolute atomic E-state index is 0.0363. The first-order valence-electron chi connectivity index (χ1n) is 4.50. The molecule has 7 heteroatoms. The van der Waals surface area contributed by atoms with Crippen molar-refractivity contribution in [2.24, 2.45) is 5.73 Å². The van der Waals surface area contributed by atoms with E-state index in [1.54, 1.807) is 11.9 Å². The number of alkyl halides is 3. The number of likely N-dealkylation sites (N-methyl/N-ethyl adjacent to an activating group) is 1. The van der Waals surface area contributed by atoms with Gasteiger partial charge in [0.05, 0.1) is 10.6 Å². The topological polar surface area (TPSA) is 42.1 Å². The summed E-state index contributed by atoms with van der Waals surface area (Å²) < 4.78 is 36.9. The highest BCUT2D eigenvalue weighted by Gasteiger charge is 2.31. The lowest BCUT2D eigenvalue weighted by molar-refractivity contribution is -0.137. The average Bonchev–Trinajstić information content (AvgIpc) is 2.16. The zero-order valence-corrected chi connectivity index (χ0v) is 9.31. The van der Waals surface area contributed by atoms with Crippen molar-refractivity contribution in [3.05, 3.63) is 22.8 Å². The Morgan fingerprint density at radius 3 is 2.56 bits per heavy atom. The van der Waals surface area contributed by atoms with E-state index < -0.39 is 11.7 Å². The molecule has 90 valence electrons. The summed E-state index contributed by atoms with van der Waals surface area (Å²) in [6.45, 7) is 0.841. The minimum Gasteiger partial charge on any atom is -0.357 e. The van der Waals surface area contributed by atoms with Gasteiger partial charge in [0.2, 0.25) is 0 Å². The Balaban J connectivity index is 3.00. The molecule has 0 unspecified atom stereocenters. The third-order valence-corrected chi connectivity index (χ3v) is 2.25. The first-order valence-corrected chi connectivity index (χ1v) is 4.88. The fourth-order valence-corrected chi connectivity index (χ4v) is 1.48. The summed E-state index contributed by atoms with van der Waals surface area (Å²) in [4.78, 5) is 5.28. The highest BCUT2D eigenvalue weighted by Crippen LogP contribution is 2.33. The number of hydrogen-bond donors (Lipinski definition) is 1. The van der Waals surface area contributed by atoms with E-state index in [0.717, 1.165) is 12.3 Å². The van der Waals surface area contributed by atoms with Crippen LogP contribution >= 0.6 is 11.6 Å². The van der Waals surface area contributed by atoms with Gasteiger partial charge >= 0.3 is 6.18 Å². The van der Waals surface area contributed by atoms with E-state index in [0.29, 0.717) is 18.9 Å². The molecule has 0 atom stereocenters. The van der Waals surface area contributed by atoms with Crippen LogP contribution < -0.4 is 10.6 Å². The standard InChI is InChI=1S/C9H11ClF3N3/c1-16(3-2-14)8-7(10)4-6(5-15-8)9(11,12)13/h4-5H,2-3,14H2,1H3. The molecular formula is C9H11ClF3N3. The van der Waals surface area contributed by atoms with Crippen LogP contribution in [-0.4, -0.2) is 25.1 Å². The number of halogens is 4. The second-order valence-electron chi connectivity index (χ2n) is 3.24. The molecule has 0 saturated carbocycles. The second-order valence-corrected chi connectivity index (χ2v) is 3.64. The quantitative estimate of drug-likeness (QED) is 0.898. The number of aromatic nitrogens is 1. The van der Waals surface area contributed by atoms with Gasteiger partial charge in [0.25, 0.3) is 0 Å². The van der Waals surface area contributed by atoms with E-state index in [2.05, 4.69) is 4.98 Å². The van der Waals surface area contributed by atoms with Crippen LogP contribution in [0.4, 0.5) is 19.0 Å². The van der Waals surface area contributed by atoms with Gasteiger partial charge in [0.1, 0.15) is 5.82 Å². The Morgan fingerprint density at radius 1 is 1.50 bits per heavy atom. The number of nitrogens with two attached hydrogens (primary N) is 1. The summed E-state index contributed by atoms with van der Waals surface area (Å²) in [7, 11) is 1.66. The van der Waals surface area contributed by atoms with Crippen molar-refractivity contribution in [2.75, 3.05) is 25.0 Å². The molecule has 0 radical (unpaired) electrons. The van der Waals surface area contributed by atoms with E-state index in [-0.39, 0.29) is 5.02 Å². The van der Waals surface area contributed by atoms with Crippen LogP contribution in [0.1, 0.15) is 5.56 Å². The lowest BCUT2D eigenvalue weighted by Crippen LogP contribution is -2.26. The van der Waals surface area contributed by atoms with Crippen LogP contribution in [0.15, 0.2) is 12.3 Å². The van der Waals surface area contributed by atoms with Crippen LogP contribution in [0.25, 0.3) is 0 Å². The van der Waals surface area contributed by atoms with E-state index in [4.69, 9.17) is 17.3 Å². The molecule has 0 bridgehead atoms. The molecule has 0 aromatic carbocycles. The van der Waals surface area contributed by atoms with Crippen molar-refractivity contribution in [1.82, 2.24) is 4.98 Å². The van der Waals surface area contributed by atoms with Crippen LogP contribution in [-0.2, 0) is 6.18 Å². The van der Waals surface area contributed by atoms with Gasteiger partial charge < -0.3 is 10.6 Å². The SMILES string of the molecule is CN(CCN)c1ncc(C(F)(F)F)cc1Cl. The molecule has 0 fully saturated rings. The molecule has 16 heavy (non-hydrogen) atoms. The van der Waals surface area contributed by atoms with Gasteiger partial charge in [-0.1, -0.05) is 11.6 Å². The predicted molar refractivity (Wildman–Crippen MR) is 56.6 cm³/mol. The summed E-state index contributed by atoms with van der Waals surface area (Å²) in [6, 6.07) is 0.858. The van der Waals surface area contributed by atoms with E-state index in [9.17, 15) is 13.2 Å². The lowest BCUT2D eigenvalue weighted by atomic mass is 10.2. The number of nitrogens with zero attached hydrogens (tertiary/aromatic N) is 2. The molecule has 0 saturated heterocycles. The van der Waals surface area contributed by atoms with Gasteiger partial charge in [0.15, 0.2) is 0 Å². The van der Waals surface area contributed by atoms with Crippen LogP contribution in [0.5, 0.6) is 0 Å². The smallest absolute Gasteiger partial charge is 0.357 e. The highest BCUT2D eigenvalue weighted by atomic mass is 35.5. The molecule has 0 spiro atoms. The molecule has 3 nitrogen and oxygen atoms in total. The van der Waals surface area contributed by atoms with E-state index in [1.165, 1.54) is 0 Å². The Bertz CT molecular complexity index is 368. The van der Waals surface area contributed by atoms with Crippen molar-refractivity contribution in [3.63, 3.8) is 0 Å². The molecule has 1 aromatic heterocycles. The van der Waals surface area contributed by atoms with Gasteiger partial charge in [-0.2, -0.15) is 13.2 Å². The van der Waals surface area contributed by atoms with Gasteiger partial charge in [-0.15, -0.1) is 0 Å². The van der Waals surface area contributed by atoms with Crippen LogP contribution in [0.3, 0.4) is 0 Å². The molecule has 1 rings (SSSR count). The largest absolute Gasteiger partial charge is 0.417 e. The van der Waals surface area contributed by atoms with Gasteiger partial charge in [0, 0.05) is 26.3 Å². The first-order chi connectivity index (χ1) is 7.36. The Labute approximate surface area is 96.0 Å². The maximum Gasteiger partial charge on any atom is 0.417 e. The Morgan fingerprint density at radius 2 is 2.12 bits per heavy atom. The zero-order valence-electron chi connectivity index (χ0n) is 8.55. The normalized spacial score (nSPS) is 11.6. The first kappa shape index (κ1) is 13.1. The predicted octanol–water partition coefficient (Wildman–Crippen LogP) is 2.15. The van der Waals surface area contributed by atoms with E-state index >= 15 is 0 Å². The summed E-state index contributed by atoms with van der Waals surface area (Å²) >= 11 is 5.72. The third-order valence-electron chi connectivity index (χ3n) is 1.98. The summed E-state index contributed by atoms with van der Waals surface area (Å²) in [5.74, 6) is 0.292. The second kappa shape index (κ2) is 4.88. The lowest BCUT2D eigenvalue weighted by Gasteiger charge is -2.19. The number of hydrogen-bond acceptors (Lipinski definition) is 3. The minimum atomic E-state index is -4.43. The molecule has 1 heterocycles. The molecule has 0 aliphatic rings. The van der Waals surface area contributed by atoms with Gasteiger partial charge in [-0.25, -0.2) is 4.98 Å². The Hall–Kier alpha value is -1.01. The van der Waals surface area contributed by atoms with Crippen LogP contribution in [0, 0.1) is 0 Å². The summed E-state index contributed by atoms with van der Waals surface area (Å²) in [5.41, 5.74) is 4.46. The average molecular weight is 254 g/mol. The molecule has 2 N–H and O–H groups in total. The zero-order chi connectivity index (χ0) is 12.3. The molecule has 0 aliphatic carbocycles. The van der Waals surface area contributed by atoms with Crippen molar-refractivity contribution in [1.29, 1.82) is 0 Å². The third kappa shape index (κ3) is 2.99. The highest BCUT2D eigenvalue weighted by molar-refractivity contribution is 6.33. The fraction of sp³-hybridized carbons (Fsp3) is 0.444. The molecule has 0 amide bonds. The molecular weight excluding hydrogens is 243 g/mol. The van der Waals surface area contributed by atoms with Gasteiger partial charge in [-0.3, -0.25) is 0 Å². The van der Waals surface area contributed by atoms with Gasteiger partial charge in [-0.05, 0) is 6.07 Å². The number of anilines is 1. The fourth-order valence-electron chi connectivity index (χ4n) is 1.17. The van der Waals surface area contributed by atoms with E-state index in [1.807, 2.05) is 0 Å². The summed E-state index contributed by atoms with van der Waals surface area (Å²) in [5, 5.41) is -0.0363. The maximum atomic E-state index is 12.3. The number of pyridine rings is 1. The van der Waals surface area contributed by atoms with Crippen LogP contribution in [0.2, 0.25) is 5.02 Å². The van der Waals surface area contributed by atoms with Crippen molar-refractivity contribution in [3.8, 4) is 0 Å². The monoisotopic (exact) mass is 253 g/mol. The maximum absolute atomic E-state index is 12.3. The Kier molecular flexibility index (Phi) is 3.98. The molecule has 0 aliphatic heterocycles. The van der Waals surface area contributed by atoms with Crippen molar-refractivity contribution < 1.29 is 13.2 Å².